The normalized spacial score (nSPS) is 17.1. The van der Waals surface area contributed by atoms with Gasteiger partial charge >= 0.3 is 0 Å². The Kier molecular flexibility index (Phi) is 7.12. The van der Waals surface area contributed by atoms with Crippen LogP contribution in [0.25, 0.3) is 6.08 Å². The summed E-state index contributed by atoms with van der Waals surface area (Å²) in [5, 5.41) is 3.40. The second-order valence-electron chi connectivity index (χ2n) is 7.97. The van der Waals surface area contributed by atoms with E-state index in [1.165, 1.54) is 11.6 Å². The van der Waals surface area contributed by atoms with Crippen LogP contribution < -0.4 is 14.8 Å². The number of hydrogen-bond acceptors (Lipinski definition) is 5. The Labute approximate surface area is 188 Å². The van der Waals surface area contributed by atoms with E-state index in [9.17, 15) is 4.79 Å². The number of carbonyl (C=O) groups is 1. The second kappa shape index (κ2) is 10.2. The summed E-state index contributed by atoms with van der Waals surface area (Å²) in [4.78, 5) is 17.1. The molecule has 0 aromatic heterocycles. The lowest BCUT2D eigenvalue weighted by molar-refractivity contribution is -0.116. The van der Waals surface area contributed by atoms with Crippen molar-refractivity contribution in [3.05, 3.63) is 64.2 Å². The van der Waals surface area contributed by atoms with Gasteiger partial charge in [0.05, 0.1) is 5.02 Å². The minimum absolute atomic E-state index is 0.160. The quantitative estimate of drug-likeness (QED) is 0.698. The van der Waals surface area contributed by atoms with Crippen LogP contribution >= 0.6 is 11.6 Å². The molecular weight excluding hydrogens is 414 g/mol. The van der Waals surface area contributed by atoms with Gasteiger partial charge in [0.15, 0.2) is 11.5 Å². The van der Waals surface area contributed by atoms with E-state index in [-0.39, 0.29) is 5.91 Å². The smallest absolute Gasteiger partial charge is 0.244 e. The van der Waals surface area contributed by atoms with E-state index in [0.29, 0.717) is 36.3 Å². The van der Waals surface area contributed by atoms with Crippen molar-refractivity contribution in [3.63, 3.8) is 0 Å². The number of nitrogens with one attached hydrogen (secondary N) is 1. The molecular formula is C24H28ClN3O3. The first-order chi connectivity index (χ1) is 15.1. The number of carbonyl (C=O) groups excluding carboxylic acids is 1. The fourth-order valence-electron chi connectivity index (χ4n) is 3.67. The first-order valence-electron chi connectivity index (χ1n) is 10.6. The van der Waals surface area contributed by atoms with Gasteiger partial charge in [-0.2, -0.15) is 0 Å². The molecule has 164 valence electrons. The van der Waals surface area contributed by atoms with E-state index in [4.69, 9.17) is 21.1 Å². The molecule has 0 atom stereocenters. The number of piperazine rings is 1. The van der Waals surface area contributed by atoms with Crippen LogP contribution in [0.3, 0.4) is 0 Å². The molecule has 1 saturated heterocycles. The van der Waals surface area contributed by atoms with Gasteiger partial charge in [-0.15, -0.1) is 0 Å². The fraction of sp³-hybridized carbons (Fsp3) is 0.375. The minimum atomic E-state index is -0.160. The molecule has 0 aliphatic carbocycles. The molecule has 0 unspecified atom stereocenters. The molecule has 2 aliphatic heterocycles. The van der Waals surface area contributed by atoms with E-state index in [1.54, 1.807) is 12.1 Å². The van der Waals surface area contributed by atoms with E-state index < -0.39 is 0 Å². The highest BCUT2D eigenvalue weighted by Gasteiger charge is 2.16. The largest absolute Gasteiger partial charge is 0.486 e. The van der Waals surface area contributed by atoms with Crippen molar-refractivity contribution in [1.29, 1.82) is 0 Å². The lowest BCUT2D eigenvalue weighted by atomic mass is 10.1. The van der Waals surface area contributed by atoms with Crippen molar-refractivity contribution < 1.29 is 14.3 Å². The molecule has 0 bridgehead atoms. The lowest BCUT2D eigenvalue weighted by Gasteiger charge is -2.32. The van der Waals surface area contributed by atoms with Crippen LogP contribution in [0, 0.1) is 0 Å². The number of halogens is 1. The lowest BCUT2D eigenvalue weighted by Crippen LogP contribution is -2.43. The standard InChI is InChI=1S/C24H28ClN3O3/c1-27-8-10-28(11-9-27)17-19-4-2-18(3-5-19)16-26-23(29)7-6-20-14-21(25)24-22(15-20)30-12-13-31-24/h2-7,14-15H,8-13,16-17H2,1H3,(H,26,29)/b7-6+. The molecule has 2 heterocycles. The summed E-state index contributed by atoms with van der Waals surface area (Å²) < 4.78 is 11.1. The number of amides is 1. The number of ether oxygens (including phenoxy) is 2. The first kappa shape index (κ1) is 21.7. The van der Waals surface area contributed by atoms with Crippen LogP contribution in [0.2, 0.25) is 5.02 Å². The Morgan fingerprint density at radius 3 is 2.55 bits per heavy atom. The van der Waals surface area contributed by atoms with Crippen molar-refractivity contribution >= 4 is 23.6 Å². The topological polar surface area (TPSA) is 54.0 Å². The van der Waals surface area contributed by atoms with Gasteiger partial charge in [-0.3, -0.25) is 9.69 Å². The van der Waals surface area contributed by atoms with Crippen LogP contribution in [-0.4, -0.2) is 62.1 Å². The summed E-state index contributed by atoms with van der Waals surface area (Å²) in [6.45, 7) is 6.89. The third kappa shape index (κ3) is 6.00. The highest BCUT2D eigenvalue weighted by Crippen LogP contribution is 2.38. The Morgan fingerprint density at radius 2 is 1.77 bits per heavy atom. The molecule has 2 aromatic carbocycles. The fourth-order valence-corrected chi connectivity index (χ4v) is 3.95. The van der Waals surface area contributed by atoms with Gasteiger partial charge in [-0.25, -0.2) is 0 Å². The van der Waals surface area contributed by atoms with Crippen LogP contribution in [0.5, 0.6) is 11.5 Å². The van der Waals surface area contributed by atoms with Gasteiger partial charge in [-0.05, 0) is 41.9 Å². The number of benzene rings is 2. The van der Waals surface area contributed by atoms with Crippen molar-refractivity contribution in [2.75, 3.05) is 46.4 Å². The van der Waals surface area contributed by atoms with Gasteiger partial charge in [0.25, 0.3) is 0 Å². The molecule has 2 aromatic rings. The van der Waals surface area contributed by atoms with E-state index in [1.807, 2.05) is 6.07 Å². The number of fused-ring (bicyclic) bond motifs is 1. The maximum absolute atomic E-state index is 12.2. The Hall–Kier alpha value is -2.54. The summed E-state index contributed by atoms with van der Waals surface area (Å²) in [6, 6.07) is 12.0. The molecule has 1 amide bonds. The summed E-state index contributed by atoms with van der Waals surface area (Å²) in [7, 11) is 2.17. The number of rotatable bonds is 6. The minimum Gasteiger partial charge on any atom is -0.486 e. The number of hydrogen-bond donors (Lipinski definition) is 1. The monoisotopic (exact) mass is 441 g/mol. The van der Waals surface area contributed by atoms with Crippen molar-refractivity contribution in [2.45, 2.75) is 13.1 Å². The zero-order valence-electron chi connectivity index (χ0n) is 17.8. The summed E-state index contributed by atoms with van der Waals surface area (Å²) in [5.41, 5.74) is 3.17. The maximum atomic E-state index is 12.2. The Balaban J connectivity index is 1.26. The summed E-state index contributed by atoms with van der Waals surface area (Å²) >= 11 is 6.24. The SMILES string of the molecule is CN1CCN(Cc2ccc(CNC(=O)/C=C/c3cc(Cl)c4c(c3)OCCO4)cc2)CC1. The molecule has 1 N–H and O–H groups in total. The van der Waals surface area contributed by atoms with Gasteiger partial charge < -0.3 is 19.7 Å². The molecule has 2 aliphatic rings. The van der Waals surface area contributed by atoms with Gasteiger partial charge in [0.1, 0.15) is 13.2 Å². The highest BCUT2D eigenvalue weighted by molar-refractivity contribution is 6.32. The zero-order chi connectivity index (χ0) is 21.6. The molecule has 7 heteroatoms. The first-order valence-corrected chi connectivity index (χ1v) is 11.0. The summed E-state index contributed by atoms with van der Waals surface area (Å²) in [5.74, 6) is 1.01. The maximum Gasteiger partial charge on any atom is 0.244 e. The van der Waals surface area contributed by atoms with Gasteiger partial charge in [0, 0.05) is 45.3 Å². The van der Waals surface area contributed by atoms with Crippen LogP contribution in [0.15, 0.2) is 42.5 Å². The van der Waals surface area contributed by atoms with Crippen LogP contribution in [-0.2, 0) is 17.9 Å². The number of nitrogens with zero attached hydrogens (tertiary/aromatic N) is 2. The zero-order valence-corrected chi connectivity index (χ0v) is 18.5. The van der Waals surface area contributed by atoms with E-state index in [2.05, 4.69) is 46.4 Å². The predicted octanol–water partition coefficient (Wildman–Crippen LogP) is 3.19. The van der Waals surface area contributed by atoms with E-state index in [0.717, 1.165) is 43.9 Å². The van der Waals surface area contributed by atoms with E-state index >= 15 is 0 Å². The molecule has 0 radical (unpaired) electrons. The van der Waals surface area contributed by atoms with Gasteiger partial charge in [0.2, 0.25) is 5.91 Å². The average molecular weight is 442 g/mol. The number of likely N-dealkylation sites (N-methyl/N-ethyl adjacent to an activating group) is 1. The molecule has 0 saturated carbocycles. The molecule has 0 spiro atoms. The van der Waals surface area contributed by atoms with Crippen molar-refractivity contribution in [1.82, 2.24) is 15.1 Å². The van der Waals surface area contributed by atoms with Crippen molar-refractivity contribution in [3.8, 4) is 11.5 Å². The third-order valence-electron chi connectivity index (χ3n) is 5.54. The second-order valence-corrected chi connectivity index (χ2v) is 8.38. The molecule has 4 rings (SSSR count). The third-order valence-corrected chi connectivity index (χ3v) is 5.82. The highest BCUT2D eigenvalue weighted by atomic mass is 35.5. The Bertz CT molecular complexity index is 938. The Morgan fingerprint density at radius 1 is 1.06 bits per heavy atom. The average Bonchev–Trinajstić information content (AvgIpc) is 2.79. The van der Waals surface area contributed by atoms with Gasteiger partial charge in [-0.1, -0.05) is 35.9 Å². The van der Waals surface area contributed by atoms with Crippen LogP contribution in [0.4, 0.5) is 0 Å². The van der Waals surface area contributed by atoms with Crippen LogP contribution in [0.1, 0.15) is 16.7 Å². The molecule has 31 heavy (non-hydrogen) atoms. The molecule has 1 fully saturated rings. The summed E-state index contributed by atoms with van der Waals surface area (Å²) in [6.07, 6.45) is 3.22. The predicted molar refractivity (Wildman–Crippen MR) is 123 cm³/mol. The van der Waals surface area contributed by atoms with Crippen molar-refractivity contribution in [2.24, 2.45) is 0 Å². The molecule has 6 nitrogen and oxygen atoms in total.